The molecule has 1 atom stereocenters. The number of hydrogen-bond donors (Lipinski definition) is 1. The maximum atomic E-state index is 13.8. The maximum Gasteiger partial charge on any atom is 0.242 e. The average molecular weight is 453 g/mol. The van der Waals surface area contributed by atoms with Gasteiger partial charge in [-0.25, -0.2) is 18.1 Å². The molecular formula is C24H28N4O3S. The fraction of sp³-hybridized carbons (Fsp3) is 0.375. The van der Waals surface area contributed by atoms with E-state index in [0.29, 0.717) is 18.4 Å². The molecule has 1 saturated carbocycles. The van der Waals surface area contributed by atoms with Crippen molar-refractivity contribution in [1.82, 2.24) is 20.1 Å². The van der Waals surface area contributed by atoms with Crippen molar-refractivity contribution in [1.29, 1.82) is 0 Å². The van der Waals surface area contributed by atoms with Crippen LogP contribution in [-0.4, -0.2) is 33.8 Å². The van der Waals surface area contributed by atoms with Crippen molar-refractivity contribution in [2.45, 2.75) is 62.1 Å². The first-order valence-corrected chi connectivity index (χ1v) is 12.3. The van der Waals surface area contributed by atoms with Crippen LogP contribution in [0.4, 0.5) is 0 Å². The van der Waals surface area contributed by atoms with Gasteiger partial charge in [-0.15, -0.1) is 0 Å². The van der Waals surface area contributed by atoms with E-state index in [2.05, 4.69) is 15.4 Å². The molecule has 1 fully saturated rings. The zero-order valence-electron chi connectivity index (χ0n) is 18.6. The molecule has 0 unspecified atom stereocenters. The van der Waals surface area contributed by atoms with Crippen LogP contribution in [0, 0.1) is 13.8 Å². The van der Waals surface area contributed by atoms with Gasteiger partial charge in [0.15, 0.2) is 14.6 Å². The first-order chi connectivity index (χ1) is 15.2. The van der Waals surface area contributed by atoms with E-state index < -0.39 is 20.5 Å². The SMILES string of the molecule is Cc1ccc(C)c(S(=O)(=O)C2(C(=O)N[C@H](C)c3ccc(-n4cncn4)cc3)CCCC2)c1. The molecule has 0 saturated heterocycles. The van der Waals surface area contributed by atoms with Crippen LogP contribution in [-0.2, 0) is 14.6 Å². The predicted molar refractivity (Wildman–Crippen MR) is 122 cm³/mol. The van der Waals surface area contributed by atoms with Crippen molar-refractivity contribution in [2.75, 3.05) is 0 Å². The van der Waals surface area contributed by atoms with Gasteiger partial charge in [0.05, 0.1) is 16.6 Å². The summed E-state index contributed by atoms with van der Waals surface area (Å²) in [6.45, 7) is 5.52. The first kappa shape index (κ1) is 22.2. The van der Waals surface area contributed by atoms with Crippen LogP contribution in [0.5, 0.6) is 0 Å². The number of aromatic nitrogens is 3. The lowest BCUT2D eigenvalue weighted by Crippen LogP contribution is -2.51. The highest BCUT2D eigenvalue weighted by molar-refractivity contribution is 7.93. The molecule has 3 aromatic rings. The highest BCUT2D eigenvalue weighted by atomic mass is 32.2. The Morgan fingerprint density at radius 2 is 1.78 bits per heavy atom. The Hall–Kier alpha value is -3.00. The number of benzene rings is 2. The smallest absolute Gasteiger partial charge is 0.242 e. The molecule has 2 aromatic carbocycles. The number of hydrogen-bond acceptors (Lipinski definition) is 5. The summed E-state index contributed by atoms with van der Waals surface area (Å²) < 4.78 is 27.8. The van der Waals surface area contributed by atoms with Gasteiger partial charge in [0, 0.05) is 0 Å². The number of nitrogens with zero attached hydrogens (tertiary/aromatic N) is 3. The van der Waals surface area contributed by atoms with E-state index >= 15 is 0 Å². The number of amides is 1. The Morgan fingerprint density at radius 1 is 1.09 bits per heavy atom. The first-order valence-electron chi connectivity index (χ1n) is 10.8. The maximum absolute atomic E-state index is 13.8. The molecule has 1 heterocycles. The van der Waals surface area contributed by atoms with Gasteiger partial charge in [-0.05, 0) is 68.5 Å². The van der Waals surface area contributed by atoms with E-state index in [9.17, 15) is 13.2 Å². The van der Waals surface area contributed by atoms with Gasteiger partial charge in [-0.2, -0.15) is 5.10 Å². The third kappa shape index (κ3) is 3.83. The number of nitrogens with one attached hydrogen (secondary N) is 1. The predicted octanol–water partition coefficient (Wildman–Crippen LogP) is 3.85. The van der Waals surface area contributed by atoms with E-state index in [-0.39, 0.29) is 10.9 Å². The summed E-state index contributed by atoms with van der Waals surface area (Å²) in [6, 6.07) is 12.6. The summed E-state index contributed by atoms with van der Waals surface area (Å²) in [6.07, 6.45) is 5.20. The molecule has 32 heavy (non-hydrogen) atoms. The second-order valence-electron chi connectivity index (χ2n) is 8.60. The summed E-state index contributed by atoms with van der Waals surface area (Å²) >= 11 is 0. The summed E-state index contributed by atoms with van der Waals surface area (Å²) in [5.41, 5.74) is 3.28. The lowest BCUT2D eigenvalue weighted by Gasteiger charge is -2.30. The van der Waals surface area contributed by atoms with Gasteiger partial charge < -0.3 is 5.32 Å². The summed E-state index contributed by atoms with van der Waals surface area (Å²) in [5, 5.41) is 7.10. The third-order valence-corrected chi connectivity index (χ3v) is 9.04. The van der Waals surface area contributed by atoms with E-state index in [1.165, 1.54) is 6.33 Å². The minimum atomic E-state index is -3.85. The quantitative estimate of drug-likeness (QED) is 0.613. The highest BCUT2D eigenvalue weighted by Gasteiger charge is 2.53. The minimum Gasteiger partial charge on any atom is -0.348 e. The standard InChI is InChI=1S/C24H28N4O3S/c1-17-6-7-18(2)22(14-17)32(30,31)24(12-4-5-13-24)23(29)27-19(3)20-8-10-21(11-9-20)28-16-25-15-26-28/h6-11,14-16,19H,4-5,12-13H2,1-3H3,(H,27,29)/t19-/m1/s1. The van der Waals surface area contributed by atoms with Gasteiger partial charge in [-0.3, -0.25) is 4.79 Å². The van der Waals surface area contributed by atoms with E-state index in [4.69, 9.17) is 0 Å². The van der Waals surface area contributed by atoms with Crippen LogP contribution in [0.2, 0.25) is 0 Å². The van der Waals surface area contributed by atoms with Crippen molar-refractivity contribution >= 4 is 15.7 Å². The minimum absolute atomic E-state index is 0.263. The Kier molecular flexibility index (Phi) is 5.90. The molecule has 0 aliphatic heterocycles. The number of carbonyl (C=O) groups excluding carboxylic acids is 1. The van der Waals surface area contributed by atoms with Crippen molar-refractivity contribution in [2.24, 2.45) is 0 Å². The topological polar surface area (TPSA) is 94.0 Å². The third-order valence-electron chi connectivity index (χ3n) is 6.40. The molecule has 8 heteroatoms. The summed E-state index contributed by atoms with van der Waals surface area (Å²) in [4.78, 5) is 17.7. The van der Waals surface area contributed by atoms with Crippen LogP contribution in [0.1, 0.15) is 55.3 Å². The number of sulfone groups is 1. The monoisotopic (exact) mass is 452 g/mol. The van der Waals surface area contributed by atoms with Crippen molar-refractivity contribution in [3.05, 3.63) is 71.8 Å². The zero-order valence-corrected chi connectivity index (χ0v) is 19.4. The average Bonchev–Trinajstić information content (AvgIpc) is 3.48. The van der Waals surface area contributed by atoms with Crippen LogP contribution >= 0.6 is 0 Å². The van der Waals surface area contributed by atoms with Crippen molar-refractivity contribution in [3.63, 3.8) is 0 Å². The molecule has 0 radical (unpaired) electrons. The molecule has 1 aliphatic carbocycles. The van der Waals surface area contributed by atoms with E-state index in [1.807, 2.05) is 50.2 Å². The van der Waals surface area contributed by atoms with Crippen molar-refractivity contribution in [3.8, 4) is 5.69 Å². The Bertz CT molecular complexity index is 1210. The molecule has 1 aromatic heterocycles. The van der Waals surface area contributed by atoms with Gasteiger partial charge >= 0.3 is 0 Å². The Labute approximate surface area is 188 Å². The molecule has 1 N–H and O–H groups in total. The molecule has 4 rings (SSSR count). The number of carbonyl (C=O) groups is 1. The molecule has 1 amide bonds. The second kappa shape index (κ2) is 8.50. The fourth-order valence-electron chi connectivity index (χ4n) is 4.44. The van der Waals surface area contributed by atoms with E-state index in [1.54, 1.807) is 24.0 Å². The second-order valence-corrected chi connectivity index (χ2v) is 10.8. The zero-order chi connectivity index (χ0) is 22.9. The van der Waals surface area contributed by atoms with E-state index in [0.717, 1.165) is 29.7 Å². The molecule has 0 spiro atoms. The van der Waals surface area contributed by atoms with Crippen LogP contribution in [0.25, 0.3) is 5.69 Å². The molecular weight excluding hydrogens is 424 g/mol. The molecule has 0 bridgehead atoms. The van der Waals surface area contributed by atoms with Crippen LogP contribution < -0.4 is 5.32 Å². The summed E-state index contributed by atoms with van der Waals surface area (Å²) in [5.74, 6) is -0.413. The molecule has 168 valence electrons. The largest absolute Gasteiger partial charge is 0.348 e. The highest BCUT2D eigenvalue weighted by Crippen LogP contribution is 2.42. The Morgan fingerprint density at radius 3 is 2.41 bits per heavy atom. The van der Waals surface area contributed by atoms with Crippen LogP contribution in [0.15, 0.2) is 60.0 Å². The van der Waals surface area contributed by atoms with Crippen molar-refractivity contribution < 1.29 is 13.2 Å². The van der Waals surface area contributed by atoms with Gasteiger partial charge in [0.25, 0.3) is 0 Å². The Balaban J connectivity index is 1.60. The lowest BCUT2D eigenvalue weighted by atomic mass is 10.0. The van der Waals surface area contributed by atoms with Gasteiger partial charge in [0.1, 0.15) is 12.7 Å². The van der Waals surface area contributed by atoms with Crippen LogP contribution in [0.3, 0.4) is 0 Å². The summed E-state index contributed by atoms with van der Waals surface area (Å²) in [7, 11) is -3.85. The lowest BCUT2D eigenvalue weighted by molar-refractivity contribution is -0.124. The number of rotatable bonds is 6. The van der Waals surface area contributed by atoms with Gasteiger partial charge in [0.2, 0.25) is 5.91 Å². The normalized spacial score (nSPS) is 16.6. The molecule has 1 aliphatic rings. The fourth-order valence-corrected chi connectivity index (χ4v) is 6.82. The number of aryl methyl sites for hydroxylation is 2. The van der Waals surface area contributed by atoms with Gasteiger partial charge in [-0.1, -0.05) is 37.1 Å². The molecule has 7 nitrogen and oxygen atoms in total.